The van der Waals surface area contributed by atoms with Gasteiger partial charge in [-0.25, -0.2) is 0 Å². The number of hydrogen-bond donors (Lipinski definition) is 1. The summed E-state index contributed by atoms with van der Waals surface area (Å²) < 4.78 is 22.2. The summed E-state index contributed by atoms with van der Waals surface area (Å²) in [4.78, 5) is 11.8. The fourth-order valence-electron chi connectivity index (χ4n) is 3.11. The van der Waals surface area contributed by atoms with Crippen molar-refractivity contribution in [3.05, 3.63) is 48.2 Å². The largest absolute Gasteiger partial charge is 0.497 e. The van der Waals surface area contributed by atoms with Crippen LogP contribution in [0.4, 0.5) is 0 Å². The van der Waals surface area contributed by atoms with Crippen LogP contribution in [0.2, 0.25) is 0 Å². The summed E-state index contributed by atoms with van der Waals surface area (Å²) in [7, 11) is 6.43. The molecule has 6 heteroatoms. The third-order valence-electron chi connectivity index (χ3n) is 4.61. The van der Waals surface area contributed by atoms with Gasteiger partial charge in [-0.2, -0.15) is 0 Å². The van der Waals surface area contributed by atoms with Gasteiger partial charge in [-0.15, -0.1) is 0 Å². The third kappa shape index (κ3) is 3.53. The predicted molar refractivity (Wildman–Crippen MR) is 109 cm³/mol. The van der Waals surface area contributed by atoms with Crippen LogP contribution < -0.4 is 19.5 Å². The van der Waals surface area contributed by atoms with E-state index in [1.807, 2.05) is 37.3 Å². The maximum absolute atomic E-state index is 11.8. The number of rotatable bonds is 6. The number of carbonyl (C=O) groups excluding carboxylic acids is 1. The van der Waals surface area contributed by atoms with E-state index in [4.69, 9.17) is 18.6 Å². The molecule has 0 fully saturated rings. The second-order valence-electron chi connectivity index (χ2n) is 6.21. The average Bonchev–Trinajstić information content (AvgIpc) is 3.14. The van der Waals surface area contributed by atoms with E-state index in [0.717, 1.165) is 33.4 Å². The van der Waals surface area contributed by atoms with E-state index < -0.39 is 0 Å². The van der Waals surface area contributed by atoms with Crippen molar-refractivity contribution < 1.29 is 23.4 Å². The fourth-order valence-corrected chi connectivity index (χ4v) is 3.11. The molecule has 0 saturated carbocycles. The van der Waals surface area contributed by atoms with Crippen molar-refractivity contribution in [2.75, 3.05) is 28.4 Å². The third-order valence-corrected chi connectivity index (χ3v) is 4.61. The molecule has 0 radical (unpaired) electrons. The van der Waals surface area contributed by atoms with Crippen LogP contribution in [0.1, 0.15) is 12.5 Å². The molecule has 3 aromatic rings. The van der Waals surface area contributed by atoms with Gasteiger partial charge in [0, 0.05) is 41.3 Å². The molecule has 0 atom stereocenters. The number of fused-ring (bicyclic) bond motifs is 1. The zero-order chi connectivity index (χ0) is 20.3. The highest BCUT2D eigenvalue weighted by Crippen LogP contribution is 2.41. The van der Waals surface area contributed by atoms with Crippen LogP contribution in [0.3, 0.4) is 0 Å². The molecular weight excluding hydrogens is 358 g/mol. The van der Waals surface area contributed by atoms with Gasteiger partial charge >= 0.3 is 0 Å². The van der Waals surface area contributed by atoms with Crippen molar-refractivity contribution >= 4 is 22.4 Å². The van der Waals surface area contributed by atoms with Gasteiger partial charge in [0.05, 0.1) is 27.6 Å². The van der Waals surface area contributed by atoms with Gasteiger partial charge in [0.1, 0.15) is 22.8 Å². The van der Waals surface area contributed by atoms with Crippen LogP contribution in [0.15, 0.2) is 47.1 Å². The Kier molecular flexibility index (Phi) is 5.59. The standard InChI is InChI=1S/C22H23NO5/c1-13(8-22(24)23-2)15-10-17-18(12-28-21(17)11-20(15)27-5)16-9-14(25-3)6-7-19(16)26-4/h6-12H,1-5H3,(H,23,24)/b13-8+. The molecule has 3 rings (SSSR count). The number of furan rings is 1. The highest BCUT2D eigenvalue weighted by molar-refractivity contribution is 6.01. The van der Waals surface area contributed by atoms with Crippen molar-refractivity contribution in [1.82, 2.24) is 5.32 Å². The molecule has 0 aliphatic carbocycles. The van der Waals surface area contributed by atoms with Crippen molar-refractivity contribution in [2.45, 2.75) is 6.92 Å². The van der Waals surface area contributed by atoms with Gasteiger partial charge in [0.15, 0.2) is 0 Å². The zero-order valence-electron chi connectivity index (χ0n) is 16.6. The maximum atomic E-state index is 11.8. The second kappa shape index (κ2) is 8.08. The summed E-state index contributed by atoms with van der Waals surface area (Å²) in [6, 6.07) is 9.38. The lowest BCUT2D eigenvalue weighted by atomic mass is 9.98. The predicted octanol–water partition coefficient (Wildman–Crippen LogP) is 4.27. The quantitative estimate of drug-likeness (QED) is 0.646. The Bertz CT molecular complexity index is 1050. The number of hydrogen-bond acceptors (Lipinski definition) is 5. The van der Waals surface area contributed by atoms with Crippen molar-refractivity contribution in [3.8, 4) is 28.4 Å². The summed E-state index contributed by atoms with van der Waals surface area (Å²) in [5.41, 5.74) is 3.98. The Morgan fingerprint density at radius 2 is 1.75 bits per heavy atom. The summed E-state index contributed by atoms with van der Waals surface area (Å²) in [5, 5.41) is 3.48. The molecule has 2 aromatic carbocycles. The van der Waals surface area contributed by atoms with Gasteiger partial charge in [-0.05, 0) is 36.8 Å². The van der Waals surface area contributed by atoms with Gasteiger partial charge in [-0.1, -0.05) is 0 Å². The summed E-state index contributed by atoms with van der Waals surface area (Å²) in [5.74, 6) is 1.87. The van der Waals surface area contributed by atoms with Crippen LogP contribution in [-0.4, -0.2) is 34.3 Å². The first kappa shape index (κ1) is 19.4. The fraction of sp³-hybridized carbons (Fsp3) is 0.227. The van der Waals surface area contributed by atoms with Gasteiger partial charge in [0.2, 0.25) is 5.91 Å². The van der Waals surface area contributed by atoms with E-state index in [1.165, 1.54) is 6.08 Å². The van der Waals surface area contributed by atoms with Gasteiger partial charge < -0.3 is 23.9 Å². The Labute approximate surface area is 163 Å². The number of nitrogens with one attached hydrogen (secondary N) is 1. The van der Waals surface area contributed by atoms with E-state index >= 15 is 0 Å². The van der Waals surface area contributed by atoms with E-state index in [-0.39, 0.29) is 5.91 Å². The highest BCUT2D eigenvalue weighted by atomic mass is 16.5. The van der Waals surface area contributed by atoms with Crippen molar-refractivity contribution in [1.29, 1.82) is 0 Å². The minimum atomic E-state index is -0.179. The Balaban J connectivity index is 2.24. The van der Waals surface area contributed by atoms with E-state index in [9.17, 15) is 4.79 Å². The van der Waals surface area contributed by atoms with Crippen molar-refractivity contribution in [3.63, 3.8) is 0 Å². The lowest BCUT2D eigenvalue weighted by Crippen LogP contribution is -2.14. The first-order valence-corrected chi connectivity index (χ1v) is 8.74. The lowest BCUT2D eigenvalue weighted by Gasteiger charge is -2.11. The SMILES string of the molecule is CNC(=O)/C=C(\C)c1cc2c(-c3cc(OC)ccc3OC)coc2cc1OC. The number of methoxy groups -OCH3 is 3. The molecule has 0 aliphatic rings. The molecule has 1 aromatic heterocycles. The monoisotopic (exact) mass is 381 g/mol. The molecule has 0 saturated heterocycles. The van der Waals surface area contributed by atoms with E-state index in [0.29, 0.717) is 17.1 Å². The number of benzene rings is 2. The molecule has 1 amide bonds. The molecule has 0 unspecified atom stereocenters. The minimum absolute atomic E-state index is 0.179. The number of ether oxygens (including phenoxy) is 3. The molecule has 1 heterocycles. The van der Waals surface area contributed by atoms with Crippen LogP contribution in [-0.2, 0) is 4.79 Å². The van der Waals surface area contributed by atoms with E-state index in [1.54, 1.807) is 34.6 Å². The molecule has 146 valence electrons. The maximum Gasteiger partial charge on any atom is 0.244 e. The van der Waals surface area contributed by atoms with Gasteiger partial charge in [-0.3, -0.25) is 4.79 Å². The van der Waals surface area contributed by atoms with Crippen LogP contribution in [0.25, 0.3) is 27.7 Å². The summed E-state index contributed by atoms with van der Waals surface area (Å²) in [6.07, 6.45) is 3.22. The second-order valence-corrected chi connectivity index (χ2v) is 6.21. The smallest absolute Gasteiger partial charge is 0.244 e. The Morgan fingerprint density at radius 3 is 2.39 bits per heavy atom. The van der Waals surface area contributed by atoms with Crippen LogP contribution in [0.5, 0.6) is 17.2 Å². The highest BCUT2D eigenvalue weighted by Gasteiger charge is 2.17. The summed E-state index contributed by atoms with van der Waals surface area (Å²) in [6.45, 7) is 1.87. The number of carbonyl (C=O) groups is 1. The molecule has 0 bridgehead atoms. The first-order valence-electron chi connectivity index (χ1n) is 8.74. The minimum Gasteiger partial charge on any atom is -0.497 e. The number of amides is 1. The number of allylic oxidation sites excluding steroid dienone is 1. The van der Waals surface area contributed by atoms with Crippen LogP contribution in [0, 0.1) is 0 Å². The van der Waals surface area contributed by atoms with Crippen LogP contribution >= 0.6 is 0 Å². The molecule has 28 heavy (non-hydrogen) atoms. The molecular formula is C22H23NO5. The van der Waals surface area contributed by atoms with Crippen molar-refractivity contribution in [2.24, 2.45) is 0 Å². The number of likely N-dealkylation sites (N-methyl/N-ethyl adjacent to an activating group) is 1. The normalized spacial score (nSPS) is 11.4. The molecule has 0 spiro atoms. The molecule has 1 N–H and O–H groups in total. The molecule has 0 aliphatic heterocycles. The first-order chi connectivity index (χ1) is 13.5. The van der Waals surface area contributed by atoms with Gasteiger partial charge in [0.25, 0.3) is 0 Å². The Morgan fingerprint density at radius 1 is 1.00 bits per heavy atom. The average molecular weight is 381 g/mol. The topological polar surface area (TPSA) is 69.9 Å². The zero-order valence-corrected chi connectivity index (χ0v) is 16.6. The lowest BCUT2D eigenvalue weighted by molar-refractivity contribution is -0.116. The van der Waals surface area contributed by atoms with E-state index in [2.05, 4.69) is 5.32 Å². The molecule has 6 nitrogen and oxygen atoms in total. The summed E-state index contributed by atoms with van der Waals surface area (Å²) >= 11 is 0. The Hall–Kier alpha value is -3.41.